The van der Waals surface area contributed by atoms with E-state index in [1.54, 1.807) is 13.2 Å². The van der Waals surface area contributed by atoms with Crippen LogP contribution < -0.4 is 25.4 Å². The molecule has 4 N–H and O–H groups in total. The van der Waals surface area contributed by atoms with Crippen molar-refractivity contribution in [1.29, 1.82) is 0 Å². The van der Waals surface area contributed by atoms with Gasteiger partial charge in [-0.1, -0.05) is 72.8 Å². The summed E-state index contributed by atoms with van der Waals surface area (Å²) in [5, 5.41) is 19.1. The number of carboxylic acid groups (broad SMARTS) is 1. The first kappa shape index (κ1) is 37.8. The Hall–Kier alpha value is -4.99. The van der Waals surface area contributed by atoms with Crippen molar-refractivity contribution in [3.8, 4) is 22.8 Å². The van der Waals surface area contributed by atoms with Gasteiger partial charge in [0.05, 0.1) is 24.9 Å². The second kappa shape index (κ2) is 15.9. The van der Waals surface area contributed by atoms with Crippen LogP contribution in [0, 0.1) is 11.7 Å². The van der Waals surface area contributed by atoms with Crippen molar-refractivity contribution in [3.05, 3.63) is 90.2 Å². The molecule has 1 saturated carbocycles. The first-order valence-corrected chi connectivity index (χ1v) is 18.6. The zero-order valence-electron chi connectivity index (χ0n) is 29.5. The number of pyridine rings is 1. The summed E-state index contributed by atoms with van der Waals surface area (Å²) in [7, 11) is 1.57. The van der Waals surface area contributed by atoms with Crippen molar-refractivity contribution in [2.24, 2.45) is 5.92 Å². The average molecular weight is 838 g/mol. The third kappa shape index (κ3) is 8.64. The fraction of sp³-hybridized carbons (Fsp3) is 0.359. The van der Waals surface area contributed by atoms with Gasteiger partial charge in [0.1, 0.15) is 29.5 Å². The Bertz CT molecular complexity index is 2020. The number of methoxy groups -OCH3 is 1. The molecule has 0 spiro atoms. The number of fused-ring (bicyclic) bond motifs is 1. The number of aromatic nitrogens is 1. The van der Waals surface area contributed by atoms with Crippen molar-refractivity contribution >= 4 is 57.3 Å². The van der Waals surface area contributed by atoms with E-state index in [1.165, 1.54) is 23.1 Å². The molecule has 2 heterocycles. The van der Waals surface area contributed by atoms with E-state index >= 15 is 0 Å². The quantitative estimate of drug-likeness (QED) is 0.101. The van der Waals surface area contributed by atoms with Gasteiger partial charge in [-0.15, -0.1) is 0 Å². The van der Waals surface area contributed by atoms with Crippen molar-refractivity contribution < 1.29 is 38.1 Å². The fourth-order valence-corrected chi connectivity index (χ4v) is 7.71. The van der Waals surface area contributed by atoms with Gasteiger partial charge >= 0.3 is 12.0 Å². The molecule has 12 nitrogen and oxygen atoms in total. The molecule has 3 aromatic carbocycles. The molecule has 1 aromatic heterocycles. The number of benzene rings is 3. The number of carbonyl (C=O) groups is 4. The number of aliphatic carboxylic acids is 1. The number of nitrogens with one attached hydrogen (secondary N) is 3. The van der Waals surface area contributed by atoms with Crippen LogP contribution in [-0.4, -0.2) is 86.7 Å². The highest BCUT2D eigenvalue weighted by atomic mass is 127. The first-order valence-electron chi connectivity index (χ1n) is 17.4. The molecule has 1 aliphatic heterocycles. The van der Waals surface area contributed by atoms with Crippen molar-refractivity contribution in [3.63, 3.8) is 0 Å². The maximum Gasteiger partial charge on any atom is 0.330 e. The summed E-state index contributed by atoms with van der Waals surface area (Å²) in [6.07, 6.45) is 0.197. The van der Waals surface area contributed by atoms with Gasteiger partial charge in [-0.25, -0.2) is 19.0 Å². The van der Waals surface area contributed by atoms with Gasteiger partial charge in [-0.05, 0) is 49.1 Å². The minimum absolute atomic E-state index is 0.0162. The standard InChI is InChI=1S/C39H41FIN5O7/c1-22(2)14-26(20-42-35(47)24-10-7-11-25(40)15-24)43-38(51)46-21-28(17-32(46)36(48)45-39(37(49)50)19-34(39)41)53-33-18-30(23-8-5-4-6-9-23)44-31-16-27(52-3)12-13-29(31)33/h4-13,15-16,18,22,26,28,32,34H,14,17,19-21H2,1-3H3,(H,42,47)(H,43,51)(H,45,48)(H,49,50)/t26-,28+,32-,34+,39+/m0/s1. The van der Waals surface area contributed by atoms with Crippen LogP contribution in [0.4, 0.5) is 9.18 Å². The van der Waals surface area contributed by atoms with Crippen LogP contribution in [0.15, 0.2) is 78.9 Å². The highest BCUT2D eigenvalue weighted by Crippen LogP contribution is 2.44. The lowest BCUT2D eigenvalue weighted by Crippen LogP contribution is -2.56. The summed E-state index contributed by atoms with van der Waals surface area (Å²) in [5.41, 5.74) is 0.888. The lowest BCUT2D eigenvalue weighted by Gasteiger charge is -2.28. The lowest BCUT2D eigenvalue weighted by atomic mass is 10.0. The third-order valence-corrected chi connectivity index (χ3v) is 11.0. The maximum absolute atomic E-state index is 14.1. The monoisotopic (exact) mass is 837 g/mol. The zero-order valence-corrected chi connectivity index (χ0v) is 31.6. The molecule has 4 aromatic rings. The number of urea groups is 1. The molecule has 0 radical (unpaired) electrons. The van der Waals surface area contributed by atoms with Gasteiger partial charge in [0, 0.05) is 51.6 Å². The first-order chi connectivity index (χ1) is 25.4. The molecule has 4 amide bonds. The molecule has 2 fully saturated rings. The number of ether oxygens (including phenoxy) is 2. The summed E-state index contributed by atoms with van der Waals surface area (Å²) < 4.78 is 25.5. The molecule has 1 aliphatic carbocycles. The van der Waals surface area contributed by atoms with E-state index in [-0.39, 0.29) is 41.3 Å². The number of hydrogen-bond donors (Lipinski definition) is 4. The Labute approximate surface area is 320 Å². The molecule has 0 bridgehead atoms. The van der Waals surface area contributed by atoms with E-state index in [0.29, 0.717) is 34.5 Å². The molecular weight excluding hydrogens is 796 g/mol. The van der Waals surface area contributed by atoms with Crippen LogP contribution in [0.5, 0.6) is 11.5 Å². The topological polar surface area (TPSA) is 159 Å². The molecule has 53 heavy (non-hydrogen) atoms. The smallest absolute Gasteiger partial charge is 0.330 e. The van der Waals surface area contributed by atoms with Crippen LogP contribution in [0.3, 0.4) is 0 Å². The van der Waals surface area contributed by atoms with E-state index < -0.39 is 53.4 Å². The molecule has 2 aliphatic rings. The summed E-state index contributed by atoms with van der Waals surface area (Å²) in [6.45, 7) is 4.02. The van der Waals surface area contributed by atoms with E-state index in [0.717, 1.165) is 11.6 Å². The van der Waals surface area contributed by atoms with E-state index in [4.69, 9.17) is 14.5 Å². The number of carboxylic acids is 1. The summed E-state index contributed by atoms with van der Waals surface area (Å²) >= 11 is 2.00. The van der Waals surface area contributed by atoms with Gasteiger partial charge in [0.25, 0.3) is 5.91 Å². The Morgan fingerprint density at radius 2 is 1.81 bits per heavy atom. The van der Waals surface area contributed by atoms with Gasteiger partial charge in [0.2, 0.25) is 5.91 Å². The van der Waals surface area contributed by atoms with Gasteiger partial charge < -0.3 is 35.4 Å². The molecular formula is C39H41FIN5O7. The molecule has 6 rings (SSSR count). The molecule has 5 atom stereocenters. The Balaban J connectivity index is 1.26. The number of carbonyl (C=O) groups excluding carboxylic acids is 3. The number of hydrogen-bond acceptors (Lipinski definition) is 7. The Morgan fingerprint density at radius 3 is 2.47 bits per heavy atom. The third-order valence-electron chi connectivity index (χ3n) is 9.45. The van der Waals surface area contributed by atoms with Crippen LogP contribution in [0.1, 0.15) is 43.5 Å². The van der Waals surface area contributed by atoms with E-state index in [2.05, 4.69) is 16.0 Å². The Morgan fingerprint density at radius 1 is 1.06 bits per heavy atom. The normalized spacial score (nSPS) is 21.2. The molecule has 1 saturated heterocycles. The van der Waals surface area contributed by atoms with Crippen molar-refractivity contribution in [2.75, 3.05) is 20.2 Å². The summed E-state index contributed by atoms with van der Waals surface area (Å²) in [5.74, 6) is -1.52. The maximum atomic E-state index is 14.1. The lowest BCUT2D eigenvalue weighted by molar-refractivity contribution is -0.143. The summed E-state index contributed by atoms with van der Waals surface area (Å²) in [6, 6.07) is 20.0. The minimum atomic E-state index is -1.41. The predicted octanol–water partition coefficient (Wildman–Crippen LogP) is 5.57. The second-order valence-corrected chi connectivity index (χ2v) is 15.3. The number of halogens is 2. The summed E-state index contributed by atoms with van der Waals surface area (Å²) in [4.78, 5) is 59.2. The largest absolute Gasteiger partial charge is 0.497 e. The number of alkyl halides is 1. The number of rotatable bonds is 13. The second-order valence-electron chi connectivity index (χ2n) is 13.8. The average Bonchev–Trinajstić information content (AvgIpc) is 3.60. The number of amides is 4. The molecule has 14 heteroatoms. The van der Waals surface area contributed by atoms with Gasteiger partial charge in [-0.3, -0.25) is 9.59 Å². The zero-order chi connectivity index (χ0) is 37.9. The van der Waals surface area contributed by atoms with Crippen molar-refractivity contribution in [1.82, 2.24) is 25.8 Å². The van der Waals surface area contributed by atoms with Gasteiger partial charge in [0.15, 0.2) is 5.54 Å². The molecule has 278 valence electrons. The van der Waals surface area contributed by atoms with Crippen LogP contribution in [0.25, 0.3) is 22.2 Å². The highest BCUT2D eigenvalue weighted by molar-refractivity contribution is 14.1. The SMILES string of the molecule is COc1ccc2c(O[C@@H]3C[C@@H](C(=O)N[C@]4(C(=O)O)C[C@H]4I)N(C(=O)N[C@H](CNC(=O)c4cccc(F)c4)CC(C)C)C3)cc(-c3ccccc3)nc2c1. The predicted molar refractivity (Wildman–Crippen MR) is 205 cm³/mol. The fourth-order valence-electron chi connectivity index (χ4n) is 6.59. The minimum Gasteiger partial charge on any atom is -0.497 e. The van der Waals surface area contributed by atoms with E-state index in [9.17, 15) is 28.7 Å². The van der Waals surface area contributed by atoms with Crippen LogP contribution in [0.2, 0.25) is 0 Å². The van der Waals surface area contributed by atoms with Crippen molar-refractivity contribution in [2.45, 2.75) is 60.8 Å². The number of likely N-dealkylation sites (tertiary alicyclic amines) is 1. The molecule has 0 unspecified atom stereocenters. The van der Waals surface area contributed by atoms with Crippen LogP contribution >= 0.6 is 22.6 Å². The Kier molecular flexibility index (Phi) is 11.4. The van der Waals surface area contributed by atoms with Crippen LogP contribution in [-0.2, 0) is 9.59 Å². The van der Waals surface area contributed by atoms with Gasteiger partial charge in [-0.2, -0.15) is 0 Å². The highest BCUT2D eigenvalue weighted by Gasteiger charge is 2.61. The van der Waals surface area contributed by atoms with E-state index in [1.807, 2.05) is 85.0 Å². The number of nitrogens with zero attached hydrogens (tertiary/aromatic N) is 2.